The van der Waals surface area contributed by atoms with Gasteiger partial charge in [-0.05, 0) is 108 Å². The summed E-state index contributed by atoms with van der Waals surface area (Å²) in [6.45, 7) is 4.71. The second kappa shape index (κ2) is 11.0. The number of nitrogens with one attached hydrogen (secondary N) is 3. The zero-order valence-electron chi connectivity index (χ0n) is 26.0. The molecule has 1 aliphatic heterocycles. The molecule has 3 heterocycles. The quantitative estimate of drug-likeness (QED) is 0.159. The number of methoxy groups -OCH3 is 1. The van der Waals surface area contributed by atoms with E-state index in [1.807, 2.05) is 13.8 Å². The molecule has 5 atom stereocenters. The zero-order chi connectivity index (χ0) is 30.8. The molecule has 9 heteroatoms. The van der Waals surface area contributed by atoms with E-state index < -0.39 is 18.4 Å². The Morgan fingerprint density at radius 2 is 1.67 bits per heavy atom. The lowest BCUT2D eigenvalue weighted by molar-refractivity contribution is -0.0439. The van der Waals surface area contributed by atoms with Gasteiger partial charge in [0.15, 0.2) is 0 Å². The van der Waals surface area contributed by atoms with Crippen LogP contribution in [0.4, 0.5) is 4.79 Å². The van der Waals surface area contributed by atoms with E-state index in [0.717, 1.165) is 47.3 Å². The SMILES string of the molecule is COC(=O)N[C@@H](C(C)C)C(O)N1CCCC1c1nc2ccc(-c3ccc(-c4ccc5nc[nH]c5c4)c4c3C3CCC4C3)cc2[nH]1. The summed E-state index contributed by atoms with van der Waals surface area (Å²) in [5.74, 6) is 2.09. The van der Waals surface area contributed by atoms with Crippen LogP contribution in [0.3, 0.4) is 0 Å². The molecule has 3 aliphatic rings. The maximum atomic E-state index is 12.0. The van der Waals surface area contributed by atoms with Crippen LogP contribution in [0.25, 0.3) is 44.3 Å². The highest BCUT2D eigenvalue weighted by Crippen LogP contribution is 2.58. The number of aromatic nitrogens is 4. The number of benzene rings is 3. The Labute approximate surface area is 262 Å². The van der Waals surface area contributed by atoms with E-state index >= 15 is 0 Å². The van der Waals surface area contributed by atoms with Gasteiger partial charge in [0.05, 0.1) is 47.6 Å². The molecular formula is C36H40N6O3. The molecule has 1 saturated carbocycles. The summed E-state index contributed by atoms with van der Waals surface area (Å²) in [4.78, 5) is 30.4. The Hall–Kier alpha value is -4.21. The van der Waals surface area contributed by atoms with Crippen molar-refractivity contribution in [1.29, 1.82) is 0 Å². The van der Waals surface area contributed by atoms with Crippen LogP contribution in [0.15, 0.2) is 54.9 Å². The average Bonchev–Trinajstić information content (AvgIpc) is 3.89. The second-order valence-corrected chi connectivity index (χ2v) is 13.4. The van der Waals surface area contributed by atoms with Gasteiger partial charge in [0.1, 0.15) is 12.1 Å². The van der Waals surface area contributed by atoms with Gasteiger partial charge in [0, 0.05) is 6.54 Å². The van der Waals surface area contributed by atoms with Crippen LogP contribution < -0.4 is 5.32 Å². The number of carbonyl (C=O) groups excluding carboxylic acids is 1. The zero-order valence-corrected chi connectivity index (χ0v) is 26.0. The van der Waals surface area contributed by atoms with Crippen molar-refractivity contribution in [2.24, 2.45) is 5.92 Å². The van der Waals surface area contributed by atoms with E-state index in [4.69, 9.17) is 9.72 Å². The van der Waals surface area contributed by atoms with Crippen LogP contribution in [0.5, 0.6) is 0 Å². The Balaban J connectivity index is 1.13. The average molecular weight is 605 g/mol. The fourth-order valence-corrected chi connectivity index (χ4v) is 8.37. The van der Waals surface area contributed by atoms with E-state index in [2.05, 4.69) is 73.7 Å². The van der Waals surface area contributed by atoms with Crippen molar-refractivity contribution in [2.75, 3.05) is 13.7 Å². The molecule has 2 fully saturated rings. The minimum Gasteiger partial charge on any atom is -0.453 e. The number of aromatic amines is 2. The number of aliphatic hydroxyl groups excluding tert-OH is 1. The number of nitrogens with zero attached hydrogens (tertiary/aromatic N) is 3. The van der Waals surface area contributed by atoms with Crippen LogP contribution in [0, 0.1) is 5.92 Å². The Kier molecular flexibility index (Phi) is 6.91. The van der Waals surface area contributed by atoms with Gasteiger partial charge in [-0.1, -0.05) is 38.1 Å². The number of rotatable bonds is 7. The highest BCUT2D eigenvalue weighted by molar-refractivity contribution is 5.88. The number of carbonyl (C=O) groups is 1. The van der Waals surface area contributed by atoms with Crippen LogP contribution in [-0.2, 0) is 4.74 Å². The fourth-order valence-electron chi connectivity index (χ4n) is 8.37. The van der Waals surface area contributed by atoms with Crippen molar-refractivity contribution in [3.63, 3.8) is 0 Å². The first-order valence-electron chi connectivity index (χ1n) is 16.3. The summed E-state index contributed by atoms with van der Waals surface area (Å²) >= 11 is 0. The number of H-pyrrole nitrogens is 2. The lowest BCUT2D eigenvalue weighted by Crippen LogP contribution is -2.54. The molecule has 2 bridgehead atoms. The van der Waals surface area contributed by atoms with E-state index in [-0.39, 0.29) is 12.0 Å². The third-order valence-electron chi connectivity index (χ3n) is 10.5. The molecule has 0 radical (unpaired) electrons. The van der Waals surface area contributed by atoms with E-state index in [9.17, 15) is 9.90 Å². The second-order valence-electron chi connectivity index (χ2n) is 13.4. The first kappa shape index (κ1) is 28.3. The van der Waals surface area contributed by atoms with Crippen LogP contribution in [-0.4, -0.2) is 62.0 Å². The molecule has 5 aromatic rings. The van der Waals surface area contributed by atoms with Gasteiger partial charge in [-0.15, -0.1) is 0 Å². The molecule has 8 rings (SSSR count). The maximum absolute atomic E-state index is 12.0. The number of likely N-dealkylation sites (tertiary alicyclic amines) is 1. The molecule has 4 unspecified atom stereocenters. The first-order chi connectivity index (χ1) is 21.9. The molecule has 1 amide bonds. The molecule has 3 aromatic carbocycles. The van der Waals surface area contributed by atoms with Crippen molar-refractivity contribution >= 4 is 28.2 Å². The summed E-state index contributed by atoms with van der Waals surface area (Å²) < 4.78 is 4.83. The molecule has 232 valence electrons. The number of hydrogen-bond acceptors (Lipinski definition) is 6. The minimum absolute atomic E-state index is 0.0235. The number of imidazole rings is 2. The molecule has 4 N–H and O–H groups in total. The third kappa shape index (κ3) is 4.71. The highest BCUT2D eigenvalue weighted by atomic mass is 16.5. The molecule has 45 heavy (non-hydrogen) atoms. The molecule has 9 nitrogen and oxygen atoms in total. The molecule has 0 spiro atoms. The Bertz CT molecular complexity index is 1910. The predicted molar refractivity (Wildman–Crippen MR) is 175 cm³/mol. The lowest BCUT2D eigenvalue weighted by atomic mass is 9.81. The van der Waals surface area contributed by atoms with Crippen LogP contribution >= 0.6 is 0 Å². The summed E-state index contributed by atoms with van der Waals surface area (Å²) in [7, 11) is 1.34. The van der Waals surface area contributed by atoms with Crippen molar-refractivity contribution < 1.29 is 14.6 Å². The number of ether oxygens (including phenoxy) is 1. The van der Waals surface area contributed by atoms with Crippen molar-refractivity contribution in [1.82, 2.24) is 30.2 Å². The normalized spacial score (nSPS) is 22.4. The number of hydrogen-bond donors (Lipinski definition) is 4. The minimum atomic E-state index is -0.856. The van der Waals surface area contributed by atoms with Crippen molar-refractivity contribution in [3.05, 3.63) is 71.8 Å². The van der Waals surface area contributed by atoms with E-state index in [0.29, 0.717) is 11.8 Å². The Morgan fingerprint density at radius 3 is 2.36 bits per heavy atom. The molecule has 1 saturated heterocycles. The van der Waals surface area contributed by atoms with Gasteiger partial charge in [0.2, 0.25) is 0 Å². The molecule has 2 aromatic heterocycles. The van der Waals surface area contributed by atoms with E-state index in [1.54, 1.807) is 6.33 Å². The van der Waals surface area contributed by atoms with Gasteiger partial charge >= 0.3 is 6.09 Å². The predicted octanol–water partition coefficient (Wildman–Crippen LogP) is 6.97. The molecule has 2 aliphatic carbocycles. The van der Waals surface area contributed by atoms with Gasteiger partial charge in [-0.2, -0.15) is 0 Å². The van der Waals surface area contributed by atoms with Crippen LogP contribution in [0.1, 0.15) is 80.8 Å². The highest BCUT2D eigenvalue weighted by Gasteiger charge is 2.41. The summed E-state index contributed by atoms with van der Waals surface area (Å²) in [6, 6.07) is 17.2. The van der Waals surface area contributed by atoms with Gasteiger partial charge in [0.25, 0.3) is 0 Å². The fraction of sp³-hybridized carbons (Fsp3) is 0.417. The van der Waals surface area contributed by atoms with Crippen LogP contribution in [0.2, 0.25) is 0 Å². The lowest BCUT2D eigenvalue weighted by Gasteiger charge is -2.35. The van der Waals surface area contributed by atoms with Crippen molar-refractivity contribution in [3.8, 4) is 22.3 Å². The van der Waals surface area contributed by atoms with E-state index in [1.165, 1.54) is 59.8 Å². The number of amides is 1. The maximum Gasteiger partial charge on any atom is 0.407 e. The number of alkyl carbamates (subject to hydrolysis) is 1. The van der Waals surface area contributed by atoms with Gasteiger partial charge in [-0.25, -0.2) is 14.8 Å². The molecular weight excluding hydrogens is 564 g/mol. The number of fused-ring (bicyclic) bond motifs is 7. The summed E-state index contributed by atoms with van der Waals surface area (Å²) in [5, 5.41) is 14.3. The standard InChI is InChI=1S/C36H40N6O3/c1-19(2)33(41-36(44)45-3)35(43)42-14-4-5-30(42)34-39-27-13-9-21(17-29(27)40-34)25-11-10-24(31-22-6-7-23(15-22)32(25)31)20-8-12-26-28(16-20)38-18-37-26/h8-13,16-19,22-23,30,33,35,43H,4-7,14-15H2,1-3H3,(H,37,38)(H,39,40)(H,41,44)/t22?,23?,30?,33-,35?/m0/s1. The van der Waals surface area contributed by atoms with Gasteiger partial charge in [-0.3, -0.25) is 4.90 Å². The third-order valence-corrected chi connectivity index (χ3v) is 10.5. The summed E-state index contributed by atoms with van der Waals surface area (Å²) in [5.41, 5.74) is 12.2. The monoisotopic (exact) mass is 604 g/mol. The Morgan fingerprint density at radius 1 is 0.978 bits per heavy atom. The largest absolute Gasteiger partial charge is 0.453 e. The first-order valence-corrected chi connectivity index (χ1v) is 16.3. The van der Waals surface area contributed by atoms with Crippen molar-refractivity contribution in [2.45, 2.75) is 76.1 Å². The summed E-state index contributed by atoms with van der Waals surface area (Å²) in [6.07, 6.45) is 5.96. The number of aliphatic hydroxyl groups is 1. The smallest absolute Gasteiger partial charge is 0.407 e. The topological polar surface area (TPSA) is 119 Å². The van der Waals surface area contributed by atoms with Gasteiger partial charge < -0.3 is 25.1 Å².